The normalized spacial score (nSPS) is 18.4. The summed E-state index contributed by atoms with van der Waals surface area (Å²) in [4.78, 5) is 29.8. The summed E-state index contributed by atoms with van der Waals surface area (Å²) in [5, 5.41) is 9.48. The van der Waals surface area contributed by atoms with E-state index < -0.39 is 0 Å². The second kappa shape index (κ2) is 9.28. The van der Waals surface area contributed by atoms with Gasteiger partial charge in [-0.3, -0.25) is 10.1 Å². The van der Waals surface area contributed by atoms with Crippen molar-refractivity contribution >= 4 is 44.3 Å². The monoisotopic (exact) mass is 450 g/mol. The molecule has 3 N–H and O–H groups in total. The van der Waals surface area contributed by atoms with E-state index >= 15 is 0 Å². The number of fused-ring (bicyclic) bond motifs is 1. The number of hydrogen-bond acceptors (Lipinski definition) is 4. The average molecular weight is 451 g/mol. The Labute approximate surface area is 192 Å². The number of amides is 3. The maximum Gasteiger partial charge on any atom is 0.321 e. The summed E-state index contributed by atoms with van der Waals surface area (Å²) in [5.41, 5.74) is 5.43. The quantitative estimate of drug-likeness (QED) is 0.444. The Morgan fingerprint density at radius 3 is 2.34 bits per heavy atom. The maximum atomic E-state index is 12.9. The predicted molar refractivity (Wildman–Crippen MR) is 132 cm³/mol. The molecule has 168 valence electrons. The molecule has 0 unspecified atom stereocenters. The summed E-state index contributed by atoms with van der Waals surface area (Å²) in [6.45, 7) is 8.30. The topological polar surface area (TPSA) is 83.1 Å². The van der Waals surface area contributed by atoms with E-state index in [0.29, 0.717) is 10.7 Å². The van der Waals surface area contributed by atoms with Crippen molar-refractivity contribution in [2.24, 2.45) is 5.92 Å². The minimum absolute atomic E-state index is 0.158. The number of aryl methyl sites for hydroxylation is 3. The lowest BCUT2D eigenvalue weighted by atomic mass is 9.87. The molecule has 2 aromatic carbocycles. The van der Waals surface area contributed by atoms with Gasteiger partial charge in [0.25, 0.3) is 5.91 Å². The molecule has 1 heterocycles. The van der Waals surface area contributed by atoms with Gasteiger partial charge in [0.2, 0.25) is 0 Å². The van der Waals surface area contributed by atoms with Crippen LogP contribution in [0.2, 0.25) is 0 Å². The number of carbonyl (C=O) groups excluding carboxylic acids is 2. The Morgan fingerprint density at radius 2 is 1.66 bits per heavy atom. The number of thiazole rings is 1. The van der Waals surface area contributed by atoms with Gasteiger partial charge in [-0.2, -0.15) is 0 Å². The Hall–Kier alpha value is -2.93. The number of urea groups is 1. The third-order valence-corrected chi connectivity index (χ3v) is 7.07. The van der Waals surface area contributed by atoms with Crippen LogP contribution in [-0.2, 0) is 0 Å². The van der Waals surface area contributed by atoms with Gasteiger partial charge in [-0.15, -0.1) is 0 Å². The van der Waals surface area contributed by atoms with Crippen LogP contribution in [0.15, 0.2) is 30.3 Å². The first kappa shape index (κ1) is 22.3. The summed E-state index contributed by atoms with van der Waals surface area (Å²) in [5.74, 6) is 0.583. The van der Waals surface area contributed by atoms with Crippen LogP contribution in [0.1, 0.15) is 59.7 Å². The molecule has 1 aliphatic rings. The van der Waals surface area contributed by atoms with Gasteiger partial charge in [-0.1, -0.05) is 36.0 Å². The Bertz CT molecular complexity index is 1140. The fourth-order valence-corrected chi connectivity index (χ4v) is 5.31. The molecular formula is C25H30N4O2S. The van der Waals surface area contributed by atoms with E-state index in [1.165, 1.54) is 16.9 Å². The second-order valence-corrected chi connectivity index (χ2v) is 10.0. The summed E-state index contributed by atoms with van der Waals surface area (Å²) in [6, 6.07) is 9.55. The Balaban J connectivity index is 1.43. The Kier molecular flexibility index (Phi) is 6.46. The van der Waals surface area contributed by atoms with Crippen LogP contribution >= 0.6 is 11.3 Å². The van der Waals surface area contributed by atoms with Crippen molar-refractivity contribution in [1.29, 1.82) is 0 Å². The molecule has 3 amide bonds. The fourth-order valence-electron chi connectivity index (χ4n) is 4.41. The van der Waals surface area contributed by atoms with Gasteiger partial charge in [-0.05, 0) is 81.7 Å². The number of hydrogen-bond donors (Lipinski definition) is 3. The van der Waals surface area contributed by atoms with Crippen molar-refractivity contribution < 1.29 is 9.59 Å². The van der Waals surface area contributed by atoms with Gasteiger partial charge >= 0.3 is 6.03 Å². The maximum absolute atomic E-state index is 12.9. The first-order valence-corrected chi connectivity index (χ1v) is 12.0. The summed E-state index contributed by atoms with van der Waals surface area (Å²) in [7, 11) is 0. The van der Waals surface area contributed by atoms with Gasteiger partial charge in [0.1, 0.15) is 0 Å². The minimum Gasteiger partial charge on any atom is -0.335 e. The van der Waals surface area contributed by atoms with Gasteiger partial charge in [-0.25, -0.2) is 9.78 Å². The van der Waals surface area contributed by atoms with Crippen LogP contribution in [0.4, 0.5) is 15.6 Å². The fraction of sp³-hybridized carbons (Fsp3) is 0.400. The zero-order chi connectivity index (χ0) is 22.8. The molecule has 32 heavy (non-hydrogen) atoms. The molecule has 1 aromatic heterocycles. The molecule has 6 nitrogen and oxygen atoms in total. The lowest BCUT2D eigenvalue weighted by Crippen LogP contribution is -2.39. The van der Waals surface area contributed by atoms with Gasteiger partial charge in [0, 0.05) is 17.3 Å². The number of nitrogens with zero attached hydrogens (tertiary/aromatic N) is 1. The van der Waals surface area contributed by atoms with Gasteiger partial charge in [0.15, 0.2) is 5.13 Å². The van der Waals surface area contributed by atoms with Gasteiger partial charge < -0.3 is 10.6 Å². The molecule has 1 saturated carbocycles. The van der Waals surface area contributed by atoms with Crippen molar-refractivity contribution in [1.82, 2.24) is 10.3 Å². The van der Waals surface area contributed by atoms with E-state index in [1.54, 1.807) is 6.07 Å². The molecule has 0 saturated heterocycles. The summed E-state index contributed by atoms with van der Waals surface area (Å²) in [6.07, 6.45) is 4.34. The molecule has 1 aliphatic carbocycles. The molecule has 0 radical (unpaired) electrons. The van der Waals surface area contributed by atoms with Crippen molar-refractivity contribution in [3.8, 4) is 0 Å². The number of rotatable bonds is 4. The second-order valence-electron chi connectivity index (χ2n) is 8.98. The van der Waals surface area contributed by atoms with E-state index in [9.17, 15) is 9.59 Å². The molecule has 0 bridgehead atoms. The van der Waals surface area contributed by atoms with E-state index in [1.807, 2.05) is 32.9 Å². The van der Waals surface area contributed by atoms with Crippen LogP contribution in [-0.4, -0.2) is 23.0 Å². The zero-order valence-corrected chi connectivity index (χ0v) is 19.9. The zero-order valence-electron chi connectivity index (χ0n) is 19.0. The number of carbonyl (C=O) groups is 2. The van der Waals surface area contributed by atoms with Crippen molar-refractivity contribution in [3.05, 3.63) is 52.6 Å². The smallest absolute Gasteiger partial charge is 0.321 e. The number of benzene rings is 2. The van der Waals surface area contributed by atoms with Gasteiger partial charge in [0.05, 0.1) is 10.2 Å². The highest BCUT2D eigenvalue weighted by molar-refractivity contribution is 7.22. The minimum atomic E-state index is -0.216. The van der Waals surface area contributed by atoms with Crippen LogP contribution in [0.25, 0.3) is 10.2 Å². The third-order valence-electron chi connectivity index (χ3n) is 6.14. The van der Waals surface area contributed by atoms with E-state index in [4.69, 9.17) is 0 Å². The van der Waals surface area contributed by atoms with Crippen LogP contribution in [0, 0.1) is 26.7 Å². The van der Waals surface area contributed by atoms with Crippen LogP contribution < -0.4 is 16.0 Å². The number of nitrogens with one attached hydrogen (secondary N) is 3. The largest absolute Gasteiger partial charge is 0.335 e. The van der Waals surface area contributed by atoms with E-state index in [2.05, 4.69) is 40.0 Å². The Morgan fingerprint density at radius 1 is 0.969 bits per heavy atom. The highest BCUT2D eigenvalue weighted by atomic mass is 32.1. The molecule has 3 aromatic rings. The van der Waals surface area contributed by atoms with Crippen LogP contribution in [0.5, 0.6) is 0 Å². The van der Waals surface area contributed by atoms with Crippen LogP contribution in [0.3, 0.4) is 0 Å². The van der Waals surface area contributed by atoms with E-state index in [0.717, 1.165) is 58.6 Å². The number of anilines is 2. The third kappa shape index (κ3) is 5.10. The molecule has 4 rings (SSSR count). The van der Waals surface area contributed by atoms with Crippen molar-refractivity contribution in [3.63, 3.8) is 0 Å². The van der Waals surface area contributed by atoms with Crippen molar-refractivity contribution in [2.75, 3.05) is 10.6 Å². The number of aromatic nitrogens is 1. The summed E-state index contributed by atoms with van der Waals surface area (Å²) >= 11 is 1.37. The molecule has 7 heteroatoms. The molecule has 0 aliphatic heterocycles. The highest BCUT2D eigenvalue weighted by Gasteiger charge is 2.20. The lowest BCUT2D eigenvalue weighted by Gasteiger charge is -2.26. The standard InChI is InChI=1S/C25H30N4O2S/c1-14-5-8-19(9-6-14)26-24(31)29-25-27-20-10-7-18(13-21(20)32-25)23(30)28-22-16(3)11-15(2)12-17(22)4/h7,10-14,19H,5-6,8-9H2,1-4H3,(H,28,30)(H2,26,27,29,31). The first-order valence-electron chi connectivity index (χ1n) is 11.2. The van der Waals surface area contributed by atoms with Crippen molar-refractivity contribution in [2.45, 2.75) is 59.4 Å². The van der Waals surface area contributed by atoms with E-state index in [-0.39, 0.29) is 18.0 Å². The first-order chi connectivity index (χ1) is 15.3. The lowest BCUT2D eigenvalue weighted by molar-refractivity contribution is 0.102. The summed E-state index contributed by atoms with van der Waals surface area (Å²) < 4.78 is 0.858. The molecule has 0 spiro atoms. The average Bonchev–Trinajstić information content (AvgIpc) is 3.13. The SMILES string of the molecule is Cc1cc(C)c(NC(=O)c2ccc3nc(NC(=O)NC4CCC(C)CC4)sc3c2)c(C)c1. The molecular weight excluding hydrogens is 420 g/mol. The predicted octanol–water partition coefficient (Wildman–Crippen LogP) is 6.17. The molecule has 0 atom stereocenters. The molecule has 1 fully saturated rings. The highest BCUT2D eigenvalue weighted by Crippen LogP contribution is 2.28.